The van der Waals surface area contributed by atoms with Crippen LogP contribution < -0.4 is 10.2 Å². The summed E-state index contributed by atoms with van der Waals surface area (Å²) in [5.74, 6) is 1.16. The second-order valence-electron chi connectivity index (χ2n) is 4.58. The van der Waals surface area contributed by atoms with Gasteiger partial charge in [-0.25, -0.2) is 4.98 Å². The van der Waals surface area contributed by atoms with E-state index in [1.807, 2.05) is 30.1 Å². The fourth-order valence-corrected chi connectivity index (χ4v) is 3.93. The van der Waals surface area contributed by atoms with Gasteiger partial charge in [0.25, 0.3) is 0 Å². The zero-order valence-corrected chi connectivity index (χ0v) is 13.9. The third kappa shape index (κ3) is 3.62. The summed E-state index contributed by atoms with van der Waals surface area (Å²) in [6.45, 7) is 6.53. The van der Waals surface area contributed by atoms with Crippen LogP contribution in [-0.2, 0) is 0 Å². The predicted octanol–water partition coefficient (Wildman–Crippen LogP) is 3.31. The van der Waals surface area contributed by atoms with E-state index in [0.29, 0.717) is 12.1 Å². The molecular formula is C13H25N3S2. The first-order chi connectivity index (χ1) is 8.54. The average Bonchev–Trinajstić information content (AvgIpc) is 2.76. The van der Waals surface area contributed by atoms with E-state index in [0.717, 1.165) is 23.0 Å². The number of hydrogen-bond donors (Lipinski definition) is 1. The SMILES string of the molecule is CCC(CSC)N(C)c1nc(C)c(C(C)NC)s1. The van der Waals surface area contributed by atoms with Crippen LogP contribution in [0.4, 0.5) is 5.13 Å². The molecule has 0 radical (unpaired) electrons. The molecule has 0 fully saturated rings. The second-order valence-corrected chi connectivity index (χ2v) is 6.50. The standard InChI is InChI=1S/C13H25N3S2/c1-7-11(8-17-6)16(5)13-15-10(3)12(18-13)9(2)14-4/h9,11,14H,7-8H2,1-6H3. The van der Waals surface area contributed by atoms with Gasteiger partial charge in [0.1, 0.15) is 0 Å². The van der Waals surface area contributed by atoms with Crippen LogP contribution in [0.3, 0.4) is 0 Å². The molecule has 2 atom stereocenters. The van der Waals surface area contributed by atoms with Crippen LogP contribution in [0, 0.1) is 6.92 Å². The molecule has 104 valence electrons. The maximum atomic E-state index is 4.73. The first-order valence-electron chi connectivity index (χ1n) is 6.41. The maximum Gasteiger partial charge on any atom is 0.185 e. The summed E-state index contributed by atoms with van der Waals surface area (Å²) in [4.78, 5) is 8.40. The summed E-state index contributed by atoms with van der Waals surface area (Å²) in [6.07, 6.45) is 3.32. The minimum absolute atomic E-state index is 0.380. The zero-order valence-electron chi connectivity index (χ0n) is 12.3. The molecule has 0 aliphatic heterocycles. The number of nitrogens with one attached hydrogen (secondary N) is 1. The highest BCUT2D eigenvalue weighted by Gasteiger charge is 2.19. The van der Waals surface area contributed by atoms with Crippen molar-refractivity contribution in [3.05, 3.63) is 10.6 Å². The van der Waals surface area contributed by atoms with Crippen LogP contribution in [0.5, 0.6) is 0 Å². The molecule has 1 heterocycles. The minimum atomic E-state index is 0.380. The summed E-state index contributed by atoms with van der Waals surface area (Å²) in [5.41, 5.74) is 1.16. The molecule has 1 aromatic rings. The Morgan fingerprint density at radius 2 is 2.17 bits per heavy atom. The number of aryl methyl sites for hydroxylation is 1. The van der Waals surface area contributed by atoms with E-state index in [9.17, 15) is 0 Å². The molecule has 3 nitrogen and oxygen atoms in total. The normalized spacial score (nSPS) is 14.6. The van der Waals surface area contributed by atoms with Gasteiger partial charge in [-0.15, -0.1) is 11.3 Å². The Morgan fingerprint density at radius 3 is 2.67 bits per heavy atom. The van der Waals surface area contributed by atoms with Gasteiger partial charge in [0, 0.05) is 29.8 Å². The van der Waals surface area contributed by atoms with E-state index < -0.39 is 0 Å². The topological polar surface area (TPSA) is 28.2 Å². The Morgan fingerprint density at radius 1 is 1.50 bits per heavy atom. The number of anilines is 1. The third-order valence-corrected chi connectivity index (χ3v) is 5.48. The van der Waals surface area contributed by atoms with Crippen molar-refractivity contribution in [3.8, 4) is 0 Å². The molecule has 18 heavy (non-hydrogen) atoms. The molecule has 5 heteroatoms. The monoisotopic (exact) mass is 287 g/mol. The molecule has 0 aliphatic rings. The fraction of sp³-hybridized carbons (Fsp3) is 0.769. The number of thiazole rings is 1. The highest BCUT2D eigenvalue weighted by atomic mass is 32.2. The Hall–Kier alpha value is -0.260. The van der Waals surface area contributed by atoms with Crippen molar-refractivity contribution in [2.45, 2.75) is 39.3 Å². The van der Waals surface area contributed by atoms with Crippen molar-refractivity contribution in [2.75, 3.05) is 31.0 Å². The number of hydrogen-bond acceptors (Lipinski definition) is 5. The smallest absolute Gasteiger partial charge is 0.185 e. The maximum absolute atomic E-state index is 4.73. The molecular weight excluding hydrogens is 262 g/mol. The average molecular weight is 287 g/mol. The lowest BCUT2D eigenvalue weighted by Crippen LogP contribution is -2.33. The minimum Gasteiger partial charge on any atom is -0.347 e. The van der Waals surface area contributed by atoms with Crippen molar-refractivity contribution in [1.29, 1.82) is 0 Å². The van der Waals surface area contributed by atoms with Gasteiger partial charge in [-0.3, -0.25) is 0 Å². The van der Waals surface area contributed by atoms with Gasteiger partial charge in [-0.05, 0) is 33.6 Å². The third-order valence-electron chi connectivity index (χ3n) is 3.33. The number of rotatable bonds is 7. The molecule has 0 bridgehead atoms. The van der Waals surface area contributed by atoms with E-state index >= 15 is 0 Å². The Bertz CT molecular complexity index is 365. The van der Waals surface area contributed by atoms with Crippen LogP contribution >= 0.6 is 23.1 Å². The van der Waals surface area contributed by atoms with Crippen LogP contribution in [0.15, 0.2) is 0 Å². The summed E-state index contributed by atoms with van der Waals surface area (Å²) in [5, 5.41) is 4.43. The molecule has 0 amide bonds. The van der Waals surface area contributed by atoms with Crippen LogP contribution in [0.2, 0.25) is 0 Å². The fourth-order valence-electron chi connectivity index (χ4n) is 1.93. The van der Waals surface area contributed by atoms with E-state index in [4.69, 9.17) is 4.98 Å². The molecule has 0 aromatic carbocycles. The van der Waals surface area contributed by atoms with Crippen molar-refractivity contribution < 1.29 is 0 Å². The van der Waals surface area contributed by atoms with E-state index in [-0.39, 0.29) is 0 Å². The van der Waals surface area contributed by atoms with Gasteiger partial charge in [0.2, 0.25) is 0 Å². The molecule has 0 aliphatic carbocycles. The van der Waals surface area contributed by atoms with E-state index in [1.165, 1.54) is 4.88 Å². The van der Waals surface area contributed by atoms with Gasteiger partial charge in [0.05, 0.1) is 5.69 Å². The molecule has 1 rings (SSSR count). The summed E-state index contributed by atoms with van der Waals surface area (Å²) in [7, 11) is 4.16. The van der Waals surface area contributed by atoms with Gasteiger partial charge >= 0.3 is 0 Å². The lowest BCUT2D eigenvalue weighted by molar-refractivity contribution is 0.657. The van der Waals surface area contributed by atoms with Crippen LogP contribution in [0.1, 0.15) is 36.9 Å². The number of aromatic nitrogens is 1. The van der Waals surface area contributed by atoms with Crippen molar-refractivity contribution >= 4 is 28.2 Å². The van der Waals surface area contributed by atoms with E-state index in [1.54, 1.807) is 0 Å². The van der Waals surface area contributed by atoms with Crippen LogP contribution in [-0.4, -0.2) is 37.1 Å². The Labute approximate surface area is 119 Å². The highest BCUT2D eigenvalue weighted by Crippen LogP contribution is 2.31. The van der Waals surface area contributed by atoms with E-state index in [2.05, 4.69) is 44.3 Å². The van der Waals surface area contributed by atoms with Crippen molar-refractivity contribution in [2.24, 2.45) is 0 Å². The first kappa shape index (κ1) is 15.8. The highest BCUT2D eigenvalue weighted by molar-refractivity contribution is 7.98. The number of thioether (sulfide) groups is 1. The predicted molar refractivity (Wildman–Crippen MR) is 85.2 cm³/mol. The quantitative estimate of drug-likeness (QED) is 0.833. The molecule has 0 saturated carbocycles. The van der Waals surface area contributed by atoms with Gasteiger partial charge in [-0.2, -0.15) is 11.8 Å². The summed E-state index contributed by atoms with van der Waals surface area (Å²) < 4.78 is 0. The van der Waals surface area contributed by atoms with Crippen molar-refractivity contribution in [1.82, 2.24) is 10.3 Å². The molecule has 1 N–H and O–H groups in total. The van der Waals surface area contributed by atoms with Gasteiger partial charge in [0.15, 0.2) is 5.13 Å². The number of nitrogens with zero attached hydrogens (tertiary/aromatic N) is 2. The Balaban J connectivity index is 2.89. The first-order valence-corrected chi connectivity index (χ1v) is 8.62. The van der Waals surface area contributed by atoms with Crippen molar-refractivity contribution in [3.63, 3.8) is 0 Å². The lowest BCUT2D eigenvalue weighted by atomic mass is 10.2. The second kappa shape index (κ2) is 7.36. The van der Waals surface area contributed by atoms with Crippen LogP contribution in [0.25, 0.3) is 0 Å². The van der Waals surface area contributed by atoms with Gasteiger partial charge in [-0.1, -0.05) is 6.92 Å². The molecule has 2 unspecified atom stereocenters. The Kier molecular flexibility index (Phi) is 6.46. The molecule has 0 saturated heterocycles. The zero-order chi connectivity index (χ0) is 13.7. The molecule has 0 spiro atoms. The largest absolute Gasteiger partial charge is 0.347 e. The summed E-state index contributed by atoms with van der Waals surface area (Å²) in [6, 6.07) is 0.952. The summed E-state index contributed by atoms with van der Waals surface area (Å²) >= 11 is 3.71. The lowest BCUT2D eigenvalue weighted by Gasteiger charge is -2.26. The van der Waals surface area contributed by atoms with Gasteiger partial charge < -0.3 is 10.2 Å². The molecule has 1 aromatic heterocycles.